The van der Waals surface area contributed by atoms with E-state index < -0.39 is 0 Å². The lowest BCUT2D eigenvalue weighted by Crippen LogP contribution is -2.22. The van der Waals surface area contributed by atoms with Crippen LogP contribution in [-0.4, -0.2) is 8.90 Å². The van der Waals surface area contributed by atoms with Crippen molar-refractivity contribution in [1.29, 1.82) is 0 Å². The van der Waals surface area contributed by atoms with Crippen molar-refractivity contribution in [3.05, 3.63) is 57.9 Å². The van der Waals surface area contributed by atoms with E-state index >= 15 is 0 Å². The molecule has 0 saturated heterocycles. The zero-order valence-corrected chi connectivity index (χ0v) is 12.5. The minimum absolute atomic E-state index is 0.0692. The van der Waals surface area contributed by atoms with Gasteiger partial charge in [0.1, 0.15) is 0 Å². The van der Waals surface area contributed by atoms with Crippen molar-refractivity contribution >= 4 is 26.5 Å². The van der Waals surface area contributed by atoms with Crippen molar-refractivity contribution in [3.8, 4) is 11.3 Å². The van der Waals surface area contributed by atoms with Gasteiger partial charge in [-0.3, -0.25) is 9.59 Å². The topological polar surface area (TPSA) is 62.0 Å². The third kappa shape index (κ3) is 3.44. The van der Waals surface area contributed by atoms with Gasteiger partial charge < -0.3 is 10.3 Å². The second-order valence-electron chi connectivity index (χ2n) is 4.16. The molecule has 0 spiro atoms. The molecule has 0 aliphatic heterocycles. The largest absolute Gasteiger partial charge is 0.358 e. The van der Waals surface area contributed by atoms with Gasteiger partial charge in [-0.25, -0.2) is 0 Å². The molecule has 0 saturated carbocycles. The van der Waals surface area contributed by atoms with Crippen LogP contribution < -0.4 is 10.7 Å². The van der Waals surface area contributed by atoms with Gasteiger partial charge in [-0.2, -0.15) is 0 Å². The Hall–Kier alpha value is -1.63. The molecule has 4 nitrogen and oxygen atoms in total. The first kappa shape index (κ1) is 13.8. The zero-order valence-electron chi connectivity index (χ0n) is 10.4. The fourth-order valence-electron chi connectivity index (χ4n) is 1.90. The molecule has 1 amide bonds. The molecular formula is C14H13IN2O2. The van der Waals surface area contributed by atoms with Crippen LogP contribution in [0, 0.1) is 6.92 Å². The Balaban J connectivity index is 2.52. The Labute approximate surface area is 124 Å². The minimum atomic E-state index is -0.184. The highest BCUT2D eigenvalue weighted by Gasteiger charge is 2.11. The third-order valence-corrected chi connectivity index (χ3v) is 3.12. The van der Waals surface area contributed by atoms with E-state index in [1.54, 1.807) is 28.7 Å². The number of amides is 1. The number of aryl methyl sites for hydroxylation is 1. The Kier molecular flexibility index (Phi) is 4.36. The maximum absolute atomic E-state index is 12.1. The van der Waals surface area contributed by atoms with Gasteiger partial charge in [-0.05, 0) is 12.5 Å². The van der Waals surface area contributed by atoms with Crippen LogP contribution in [0.15, 0.2) is 41.2 Å². The Bertz CT molecular complexity index is 650. The molecule has 0 bridgehead atoms. The van der Waals surface area contributed by atoms with Gasteiger partial charge in [-0.15, -0.1) is 0 Å². The van der Waals surface area contributed by atoms with Gasteiger partial charge in [0.2, 0.25) is 0 Å². The van der Waals surface area contributed by atoms with Gasteiger partial charge in [0.25, 0.3) is 3.91 Å². The zero-order chi connectivity index (χ0) is 13.8. The van der Waals surface area contributed by atoms with Crippen LogP contribution in [0.2, 0.25) is 0 Å². The second kappa shape index (κ2) is 6.01. The second-order valence-corrected chi connectivity index (χ2v) is 5.14. The van der Waals surface area contributed by atoms with Crippen LogP contribution in [0.5, 0.6) is 0 Å². The number of hydrogen-bond acceptors (Lipinski definition) is 2. The molecule has 1 aromatic heterocycles. The van der Waals surface area contributed by atoms with Gasteiger partial charge in [0.15, 0.2) is 5.43 Å². The van der Waals surface area contributed by atoms with E-state index in [4.69, 9.17) is 0 Å². The fourth-order valence-corrected chi connectivity index (χ4v) is 2.09. The number of pyridine rings is 1. The number of nitrogens with one attached hydrogen (secondary N) is 2. The lowest BCUT2D eigenvalue weighted by molar-refractivity contribution is 0.262. The van der Waals surface area contributed by atoms with Crippen molar-refractivity contribution in [3.63, 3.8) is 0 Å². The lowest BCUT2D eigenvalue weighted by Gasteiger charge is -2.10. The first-order chi connectivity index (χ1) is 9.08. The first-order valence-electron chi connectivity index (χ1n) is 5.79. The summed E-state index contributed by atoms with van der Waals surface area (Å²) in [5.74, 6) is 0. The summed E-state index contributed by atoms with van der Waals surface area (Å²) < 4.78 is -0.184. The summed E-state index contributed by atoms with van der Waals surface area (Å²) in [5.41, 5.74) is 2.99. The lowest BCUT2D eigenvalue weighted by atomic mass is 10.0. The highest BCUT2D eigenvalue weighted by molar-refractivity contribution is 14.1. The summed E-state index contributed by atoms with van der Waals surface area (Å²) in [6, 6.07) is 11.2. The molecule has 0 radical (unpaired) electrons. The molecule has 19 heavy (non-hydrogen) atoms. The molecule has 5 heteroatoms. The van der Waals surface area contributed by atoms with E-state index in [0.717, 1.165) is 17.0 Å². The van der Waals surface area contributed by atoms with E-state index in [2.05, 4.69) is 10.3 Å². The predicted octanol–water partition coefficient (Wildman–Crippen LogP) is 2.99. The number of aromatic nitrogens is 1. The maximum atomic E-state index is 12.1. The Morgan fingerprint density at radius 1 is 1.32 bits per heavy atom. The number of H-pyrrole nitrogens is 1. The van der Waals surface area contributed by atoms with Gasteiger partial charge >= 0.3 is 0 Å². The van der Waals surface area contributed by atoms with Crippen LogP contribution in [0.4, 0.5) is 4.79 Å². The predicted molar refractivity (Wildman–Crippen MR) is 83.5 cm³/mol. The molecule has 2 rings (SSSR count). The monoisotopic (exact) mass is 368 g/mol. The molecule has 0 aliphatic carbocycles. The smallest absolute Gasteiger partial charge is 0.280 e. The van der Waals surface area contributed by atoms with Crippen molar-refractivity contribution < 1.29 is 4.79 Å². The van der Waals surface area contributed by atoms with E-state index in [0.29, 0.717) is 5.56 Å². The van der Waals surface area contributed by atoms with E-state index in [-0.39, 0.29) is 15.9 Å². The summed E-state index contributed by atoms with van der Waals surface area (Å²) in [4.78, 5) is 26.3. The van der Waals surface area contributed by atoms with Gasteiger partial charge in [-0.1, -0.05) is 30.3 Å². The van der Waals surface area contributed by atoms with E-state index in [1.165, 1.54) is 0 Å². The molecular weight excluding hydrogens is 355 g/mol. The van der Waals surface area contributed by atoms with Crippen LogP contribution >= 0.6 is 22.6 Å². The Morgan fingerprint density at radius 2 is 2.00 bits per heavy atom. The highest BCUT2D eigenvalue weighted by Crippen LogP contribution is 2.19. The highest BCUT2D eigenvalue weighted by atomic mass is 127. The van der Waals surface area contributed by atoms with Crippen LogP contribution in [0.25, 0.3) is 11.3 Å². The minimum Gasteiger partial charge on any atom is -0.358 e. The SMILES string of the molecule is Cc1cc(=O)c(CNC(=O)I)c(-c2ccccc2)[nH]1. The fraction of sp³-hybridized carbons (Fsp3) is 0.143. The number of halogens is 1. The van der Waals surface area contributed by atoms with Crippen molar-refractivity contribution in [2.24, 2.45) is 0 Å². The maximum Gasteiger partial charge on any atom is 0.280 e. The van der Waals surface area contributed by atoms with Gasteiger partial charge in [0.05, 0.1) is 5.69 Å². The summed E-state index contributed by atoms with van der Waals surface area (Å²) >= 11 is 1.65. The number of benzene rings is 1. The molecule has 0 atom stereocenters. The van der Waals surface area contributed by atoms with Crippen LogP contribution in [0.1, 0.15) is 11.3 Å². The van der Waals surface area contributed by atoms with E-state index in [9.17, 15) is 9.59 Å². The molecule has 2 N–H and O–H groups in total. The number of carbonyl (C=O) groups excluding carboxylic acids is 1. The molecule has 98 valence electrons. The van der Waals surface area contributed by atoms with Crippen molar-refractivity contribution in [2.75, 3.05) is 0 Å². The van der Waals surface area contributed by atoms with E-state index in [1.807, 2.05) is 37.3 Å². The first-order valence-corrected chi connectivity index (χ1v) is 6.87. The van der Waals surface area contributed by atoms with Crippen molar-refractivity contribution in [1.82, 2.24) is 10.3 Å². The number of rotatable bonds is 3. The third-order valence-electron chi connectivity index (χ3n) is 2.74. The van der Waals surface area contributed by atoms with Crippen LogP contribution in [0.3, 0.4) is 0 Å². The van der Waals surface area contributed by atoms with Gasteiger partial charge in [0, 0.05) is 46.5 Å². The molecule has 0 aliphatic rings. The summed E-state index contributed by atoms with van der Waals surface area (Å²) in [6.45, 7) is 2.07. The average Bonchev–Trinajstić information content (AvgIpc) is 2.37. The standard InChI is InChI=1S/C14H13IN2O2/c1-9-7-12(18)11(8-16-14(15)19)13(17-9)10-5-3-2-4-6-10/h2-7H,8H2,1H3,(H,16,19)(H,17,18). The average molecular weight is 368 g/mol. The number of carbonyl (C=O) groups is 1. The summed E-state index contributed by atoms with van der Waals surface area (Å²) in [5, 5.41) is 2.66. The quantitative estimate of drug-likeness (QED) is 0.497. The molecule has 1 aromatic carbocycles. The number of aromatic amines is 1. The van der Waals surface area contributed by atoms with Crippen LogP contribution in [-0.2, 0) is 6.54 Å². The normalized spacial score (nSPS) is 10.2. The summed E-state index contributed by atoms with van der Waals surface area (Å²) in [7, 11) is 0. The molecule has 0 fully saturated rings. The molecule has 1 heterocycles. The molecule has 0 unspecified atom stereocenters. The number of hydrogen-bond donors (Lipinski definition) is 2. The Morgan fingerprint density at radius 3 is 2.63 bits per heavy atom. The molecule has 2 aromatic rings. The summed E-state index contributed by atoms with van der Waals surface area (Å²) in [6.07, 6.45) is 0. The van der Waals surface area contributed by atoms with Crippen molar-refractivity contribution in [2.45, 2.75) is 13.5 Å².